The summed E-state index contributed by atoms with van der Waals surface area (Å²) in [5.74, 6) is -1.74. The molecule has 0 amide bonds. The minimum Gasteiger partial charge on any atom is -0.481 e. The van der Waals surface area contributed by atoms with Crippen LogP contribution in [0.15, 0.2) is 12.2 Å². The van der Waals surface area contributed by atoms with Crippen molar-refractivity contribution in [2.75, 3.05) is 6.61 Å². The summed E-state index contributed by atoms with van der Waals surface area (Å²) in [5, 5.41) is 8.99. The van der Waals surface area contributed by atoms with E-state index in [1.165, 1.54) is 83.5 Å². The van der Waals surface area contributed by atoms with E-state index in [-0.39, 0.29) is 12.4 Å². The molecule has 1 atom stereocenters. The molecule has 0 spiro atoms. The largest absolute Gasteiger partial charge is 0.481 e. The first-order valence-electron chi connectivity index (χ1n) is 12.6. The minimum absolute atomic E-state index is 0.113. The first-order chi connectivity index (χ1) is 14.6. The Kier molecular flexibility index (Phi) is 21.4. The molecule has 0 saturated heterocycles. The molecule has 0 radical (unpaired) electrons. The van der Waals surface area contributed by atoms with E-state index in [2.05, 4.69) is 19.1 Å². The highest BCUT2D eigenvalue weighted by Crippen LogP contribution is 2.18. The van der Waals surface area contributed by atoms with Gasteiger partial charge in [0.1, 0.15) is 0 Å². The van der Waals surface area contributed by atoms with Crippen LogP contribution >= 0.6 is 0 Å². The molecule has 0 bridgehead atoms. The van der Waals surface area contributed by atoms with E-state index in [9.17, 15) is 9.59 Å². The molecule has 0 fully saturated rings. The van der Waals surface area contributed by atoms with Gasteiger partial charge in [-0.25, -0.2) is 0 Å². The lowest BCUT2D eigenvalue weighted by Gasteiger charge is -2.13. The molecule has 1 N–H and O–H groups in total. The Morgan fingerprint density at radius 3 is 1.73 bits per heavy atom. The van der Waals surface area contributed by atoms with Crippen LogP contribution in [0.2, 0.25) is 0 Å². The van der Waals surface area contributed by atoms with Crippen molar-refractivity contribution in [2.45, 2.75) is 129 Å². The number of carbonyl (C=O) groups is 2. The van der Waals surface area contributed by atoms with Crippen LogP contribution in [0.3, 0.4) is 0 Å². The number of ether oxygens (including phenoxy) is 1. The molecule has 0 aliphatic heterocycles. The van der Waals surface area contributed by atoms with Crippen molar-refractivity contribution in [1.82, 2.24) is 0 Å². The summed E-state index contributed by atoms with van der Waals surface area (Å²) in [6.45, 7) is 4.54. The zero-order chi connectivity index (χ0) is 22.3. The third-order valence-corrected chi connectivity index (χ3v) is 5.50. The first kappa shape index (κ1) is 28.7. The zero-order valence-electron chi connectivity index (χ0n) is 19.8. The van der Waals surface area contributed by atoms with Crippen LogP contribution < -0.4 is 0 Å². The molecule has 0 aromatic rings. The second-order valence-electron chi connectivity index (χ2n) is 8.54. The lowest BCUT2D eigenvalue weighted by Crippen LogP contribution is -2.21. The molecule has 30 heavy (non-hydrogen) atoms. The molecule has 4 heteroatoms. The van der Waals surface area contributed by atoms with Crippen molar-refractivity contribution >= 4 is 11.9 Å². The maximum atomic E-state index is 12.0. The first-order valence-corrected chi connectivity index (χ1v) is 12.6. The number of hydrogen-bond donors (Lipinski definition) is 1. The number of carboxylic acid groups (broad SMARTS) is 1. The lowest BCUT2D eigenvalue weighted by atomic mass is 9.97. The Bertz CT molecular complexity index is 431. The number of rotatable bonds is 22. The fraction of sp³-hybridized carbons (Fsp3) is 0.846. The number of carboxylic acids is 1. The van der Waals surface area contributed by atoms with E-state index in [1.54, 1.807) is 0 Å². The van der Waals surface area contributed by atoms with Gasteiger partial charge in [-0.2, -0.15) is 0 Å². The van der Waals surface area contributed by atoms with Crippen molar-refractivity contribution in [3.05, 3.63) is 12.2 Å². The van der Waals surface area contributed by atoms with E-state index in [1.807, 2.05) is 6.92 Å². The van der Waals surface area contributed by atoms with Crippen molar-refractivity contribution in [1.29, 1.82) is 0 Å². The predicted molar refractivity (Wildman–Crippen MR) is 126 cm³/mol. The van der Waals surface area contributed by atoms with Crippen LogP contribution in [0.4, 0.5) is 0 Å². The number of hydrogen-bond acceptors (Lipinski definition) is 3. The SMILES string of the molecule is CCC/C=C/CCCCCCCCCCCCCCC(CC(=O)O)C(=O)OCCC. The fourth-order valence-corrected chi connectivity index (χ4v) is 3.66. The molecule has 4 nitrogen and oxygen atoms in total. The van der Waals surface area contributed by atoms with Crippen molar-refractivity contribution in [2.24, 2.45) is 5.92 Å². The lowest BCUT2D eigenvalue weighted by molar-refractivity contribution is -0.153. The van der Waals surface area contributed by atoms with Gasteiger partial charge < -0.3 is 9.84 Å². The molecule has 1 unspecified atom stereocenters. The van der Waals surface area contributed by atoms with Crippen LogP contribution in [0.1, 0.15) is 129 Å². The summed E-state index contributed by atoms with van der Waals surface area (Å²) in [6.07, 6.45) is 24.8. The van der Waals surface area contributed by atoms with Crippen LogP contribution in [0.25, 0.3) is 0 Å². The van der Waals surface area contributed by atoms with E-state index >= 15 is 0 Å². The van der Waals surface area contributed by atoms with Crippen molar-refractivity contribution in [3.8, 4) is 0 Å². The topological polar surface area (TPSA) is 63.6 Å². The average Bonchev–Trinajstić information content (AvgIpc) is 2.73. The van der Waals surface area contributed by atoms with E-state index in [4.69, 9.17) is 9.84 Å². The number of carbonyl (C=O) groups excluding carboxylic acids is 1. The normalized spacial score (nSPS) is 12.3. The maximum absolute atomic E-state index is 12.0. The van der Waals surface area contributed by atoms with Gasteiger partial charge in [-0.05, 0) is 32.1 Å². The summed E-state index contributed by atoms with van der Waals surface area (Å²) in [4.78, 5) is 22.9. The predicted octanol–water partition coefficient (Wildman–Crippen LogP) is 7.85. The van der Waals surface area contributed by atoms with Crippen LogP contribution in [-0.4, -0.2) is 23.7 Å². The molecule has 0 saturated carbocycles. The van der Waals surface area contributed by atoms with E-state index < -0.39 is 11.9 Å². The molecule has 0 heterocycles. The highest BCUT2D eigenvalue weighted by atomic mass is 16.5. The van der Waals surface area contributed by atoms with Gasteiger partial charge in [0.25, 0.3) is 0 Å². The highest BCUT2D eigenvalue weighted by molar-refractivity contribution is 5.79. The molecule has 0 aromatic heterocycles. The fourth-order valence-electron chi connectivity index (χ4n) is 3.66. The Morgan fingerprint density at radius 1 is 0.733 bits per heavy atom. The quantitative estimate of drug-likeness (QED) is 0.109. The van der Waals surface area contributed by atoms with Gasteiger partial charge in [-0.15, -0.1) is 0 Å². The Morgan fingerprint density at radius 2 is 1.23 bits per heavy atom. The number of allylic oxidation sites excluding steroid dienone is 2. The molecular formula is C26H48O4. The molecule has 0 aliphatic rings. The van der Waals surface area contributed by atoms with Gasteiger partial charge >= 0.3 is 11.9 Å². The van der Waals surface area contributed by atoms with Gasteiger partial charge in [0.05, 0.1) is 18.9 Å². The summed E-state index contributed by atoms with van der Waals surface area (Å²) in [7, 11) is 0. The third-order valence-electron chi connectivity index (χ3n) is 5.50. The van der Waals surface area contributed by atoms with Gasteiger partial charge in [-0.1, -0.05) is 103 Å². The van der Waals surface area contributed by atoms with Gasteiger partial charge in [0, 0.05) is 0 Å². The minimum atomic E-state index is -0.919. The summed E-state index contributed by atoms with van der Waals surface area (Å²) >= 11 is 0. The van der Waals surface area contributed by atoms with Gasteiger partial charge in [0.15, 0.2) is 0 Å². The zero-order valence-corrected chi connectivity index (χ0v) is 19.8. The van der Waals surface area contributed by atoms with Crippen LogP contribution in [-0.2, 0) is 14.3 Å². The Hall–Kier alpha value is -1.32. The second-order valence-corrected chi connectivity index (χ2v) is 8.54. The van der Waals surface area contributed by atoms with Crippen molar-refractivity contribution < 1.29 is 19.4 Å². The second kappa shape index (κ2) is 22.4. The standard InChI is InChI=1S/C26H48O4/c1-3-5-6-7-8-9-10-11-12-13-14-15-16-17-18-19-20-21-24(23-25(27)28)26(29)30-22-4-2/h6-7,24H,3-5,8-23H2,1-2H3,(H,27,28)/b7-6+. The molecular weight excluding hydrogens is 376 g/mol. The monoisotopic (exact) mass is 424 g/mol. The van der Waals surface area contributed by atoms with Gasteiger partial charge in [-0.3, -0.25) is 9.59 Å². The maximum Gasteiger partial charge on any atom is 0.309 e. The molecule has 0 aliphatic carbocycles. The number of esters is 1. The van der Waals surface area contributed by atoms with Crippen LogP contribution in [0.5, 0.6) is 0 Å². The molecule has 0 aromatic carbocycles. The van der Waals surface area contributed by atoms with Crippen molar-refractivity contribution in [3.63, 3.8) is 0 Å². The molecule has 0 rings (SSSR count). The van der Waals surface area contributed by atoms with E-state index in [0.29, 0.717) is 13.0 Å². The van der Waals surface area contributed by atoms with E-state index in [0.717, 1.165) is 19.3 Å². The smallest absolute Gasteiger partial charge is 0.309 e. The summed E-state index contributed by atoms with van der Waals surface area (Å²) in [5.41, 5.74) is 0. The number of unbranched alkanes of at least 4 members (excludes halogenated alkanes) is 13. The number of aliphatic carboxylic acids is 1. The highest BCUT2D eigenvalue weighted by Gasteiger charge is 2.22. The average molecular weight is 425 g/mol. The van der Waals surface area contributed by atoms with Gasteiger partial charge in [0.2, 0.25) is 0 Å². The summed E-state index contributed by atoms with van der Waals surface area (Å²) < 4.78 is 5.13. The van der Waals surface area contributed by atoms with Crippen LogP contribution in [0, 0.1) is 5.92 Å². The summed E-state index contributed by atoms with van der Waals surface area (Å²) in [6, 6.07) is 0. The third kappa shape index (κ3) is 20.0. The molecule has 176 valence electrons. The Balaban J connectivity index is 3.48. The Labute approximate surface area is 185 Å².